The van der Waals surface area contributed by atoms with Crippen molar-refractivity contribution in [2.75, 3.05) is 0 Å². The molecule has 0 amide bonds. The maximum Gasteiger partial charge on any atom is 0.0461 e. The van der Waals surface area contributed by atoms with Crippen molar-refractivity contribution in [1.29, 1.82) is 0 Å². The molecular formula is C13H18ClIN2. The van der Waals surface area contributed by atoms with Crippen LogP contribution in [0, 0.1) is 3.57 Å². The van der Waals surface area contributed by atoms with Crippen LogP contribution in [0.25, 0.3) is 0 Å². The largest absolute Gasteiger partial charge is 0.328 e. The second-order valence-electron chi connectivity index (χ2n) is 4.73. The van der Waals surface area contributed by atoms with Crippen molar-refractivity contribution in [1.82, 2.24) is 5.32 Å². The molecule has 1 saturated carbocycles. The minimum atomic E-state index is 0.412. The van der Waals surface area contributed by atoms with E-state index >= 15 is 0 Å². The summed E-state index contributed by atoms with van der Waals surface area (Å²) in [6, 6.07) is 7.22. The standard InChI is InChI=1S/C13H18ClIN2/c14-13-7-10(15)2-1-9(13)8-17-12-5-3-11(16)4-6-12/h1-2,7,11-12,17H,3-6,8,16H2. The highest BCUT2D eigenvalue weighted by atomic mass is 127. The molecule has 0 saturated heterocycles. The van der Waals surface area contributed by atoms with Gasteiger partial charge in [-0.1, -0.05) is 17.7 Å². The van der Waals surface area contributed by atoms with E-state index in [1.54, 1.807) is 0 Å². The number of halogens is 2. The van der Waals surface area contributed by atoms with Gasteiger partial charge in [0.25, 0.3) is 0 Å². The Labute approximate surface area is 121 Å². The minimum Gasteiger partial charge on any atom is -0.328 e. The van der Waals surface area contributed by atoms with Crippen LogP contribution in [-0.4, -0.2) is 12.1 Å². The summed E-state index contributed by atoms with van der Waals surface area (Å²) in [5.41, 5.74) is 7.08. The molecular weight excluding hydrogens is 347 g/mol. The van der Waals surface area contributed by atoms with Crippen molar-refractivity contribution in [3.8, 4) is 0 Å². The van der Waals surface area contributed by atoms with Crippen LogP contribution in [0.4, 0.5) is 0 Å². The summed E-state index contributed by atoms with van der Waals surface area (Å²) in [7, 11) is 0. The molecule has 94 valence electrons. The summed E-state index contributed by atoms with van der Waals surface area (Å²) in [5.74, 6) is 0. The third-order valence-corrected chi connectivity index (χ3v) is 4.39. The van der Waals surface area contributed by atoms with Crippen molar-refractivity contribution in [3.05, 3.63) is 32.4 Å². The fraction of sp³-hybridized carbons (Fsp3) is 0.538. The van der Waals surface area contributed by atoms with Gasteiger partial charge in [0.05, 0.1) is 0 Å². The Morgan fingerprint density at radius 1 is 1.29 bits per heavy atom. The predicted molar refractivity (Wildman–Crippen MR) is 81.2 cm³/mol. The average molecular weight is 365 g/mol. The lowest BCUT2D eigenvalue weighted by Gasteiger charge is -2.27. The molecule has 1 aliphatic rings. The molecule has 0 aromatic heterocycles. The molecule has 1 fully saturated rings. The first kappa shape index (κ1) is 13.6. The highest BCUT2D eigenvalue weighted by Crippen LogP contribution is 2.21. The zero-order chi connectivity index (χ0) is 12.3. The van der Waals surface area contributed by atoms with Crippen LogP contribution in [-0.2, 0) is 6.54 Å². The second kappa shape index (κ2) is 6.36. The van der Waals surface area contributed by atoms with E-state index in [9.17, 15) is 0 Å². The van der Waals surface area contributed by atoms with E-state index in [1.165, 1.54) is 22.0 Å². The lowest BCUT2D eigenvalue weighted by atomic mass is 9.92. The first-order chi connectivity index (χ1) is 8.15. The van der Waals surface area contributed by atoms with Gasteiger partial charge in [-0.25, -0.2) is 0 Å². The van der Waals surface area contributed by atoms with Crippen molar-refractivity contribution >= 4 is 34.2 Å². The number of rotatable bonds is 3. The molecule has 0 aliphatic heterocycles. The smallest absolute Gasteiger partial charge is 0.0461 e. The van der Waals surface area contributed by atoms with Gasteiger partial charge in [0.1, 0.15) is 0 Å². The summed E-state index contributed by atoms with van der Waals surface area (Å²) in [6.45, 7) is 0.857. The van der Waals surface area contributed by atoms with E-state index in [0.717, 1.165) is 24.4 Å². The minimum absolute atomic E-state index is 0.412. The maximum atomic E-state index is 6.21. The highest BCUT2D eigenvalue weighted by molar-refractivity contribution is 14.1. The molecule has 2 rings (SSSR count). The van der Waals surface area contributed by atoms with Gasteiger partial charge >= 0.3 is 0 Å². The zero-order valence-electron chi connectivity index (χ0n) is 9.76. The number of nitrogens with two attached hydrogens (primary N) is 1. The summed E-state index contributed by atoms with van der Waals surface area (Å²) < 4.78 is 1.18. The number of benzene rings is 1. The van der Waals surface area contributed by atoms with Gasteiger partial charge < -0.3 is 11.1 Å². The molecule has 0 heterocycles. The van der Waals surface area contributed by atoms with Gasteiger partial charge in [-0.2, -0.15) is 0 Å². The summed E-state index contributed by atoms with van der Waals surface area (Å²) >= 11 is 8.48. The van der Waals surface area contributed by atoms with Crippen LogP contribution >= 0.6 is 34.2 Å². The van der Waals surface area contributed by atoms with Crippen LogP contribution in [0.15, 0.2) is 18.2 Å². The number of nitrogens with one attached hydrogen (secondary N) is 1. The fourth-order valence-corrected chi connectivity index (χ4v) is 3.17. The molecule has 4 heteroatoms. The Bertz CT molecular complexity index is 376. The van der Waals surface area contributed by atoms with E-state index in [0.29, 0.717) is 12.1 Å². The second-order valence-corrected chi connectivity index (χ2v) is 6.38. The molecule has 0 atom stereocenters. The zero-order valence-corrected chi connectivity index (χ0v) is 12.7. The van der Waals surface area contributed by atoms with Gasteiger partial charge in [-0.15, -0.1) is 0 Å². The molecule has 1 aromatic carbocycles. The summed E-state index contributed by atoms with van der Waals surface area (Å²) in [4.78, 5) is 0. The number of hydrogen-bond acceptors (Lipinski definition) is 2. The number of hydrogen-bond donors (Lipinski definition) is 2. The normalized spacial score (nSPS) is 24.9. The third-order valence-electron chi connectivity index (χ3n) is 3.37. The van der Waals surface area contributed by atoms with Crippen LogP contribution in [0.2, 0.25) is 5.02 Å². The van der Waals surface area contributed by atoms with Crippen LogP contribution in [0.1, 0.15) is 31.2 Å². The van der Waals surface area contributed by atoms with Gasteiger partial charge in [0.15, 0.2) is 0 Å². The lowest BCUT2D eigenvalue weighted by Crippen LogP contribution is -2.37. The maximum absolute atomic E-state index is 6.21. The SMILES string of the molecule is NC1CCC(NCc2ccc(I)cc2Cl)CC1. The molecule has 3 N–H and O–H groups in total. The Hall–Kier alpha value is 0.160. The van der Waals surface area contributed by atoms with Gasteiger partial charge in [-0.05, 0) is 66.0 Å². The molecule has 0 unspecified atom stereocenters. The monoisotopic (exact) mass is 364 g/mol. The quantitative estimate of drug-likeness (QED) is 0.808. The first-order valence-corrected chi connectivity index (χ1v) is 7.53. The topological polar surface area (TPSA) is 38.0 Å². The Morgan fingerprint density at radius 2 is 2.00 bits per heavy atom. The molecule has 1 aliphatic carbocycles. The molecule has 17 heavy (non-hydrogen) atoms. The Morgan fingerprint density at radius 3 is 2.65 bits per heavy atom. The van der Waals surface area contributed by atoms with Crippen molar-refractivity contribution in [2.24, 2.45) is 5.73 Å². The van der Waals surface area contributed by atoms with Crippen LogP contribution in [0.5, 0.6) is 0 Å². The highest BCUT2D eigenvalue weighted by Gasteiger charge is 2.17. The van der Waals surface area contributed by atoms with Crippen LogP contribution < -0.4 is 11.1 Å². The van der Waals surface area contributed by atoms with E-state index in [2.05, 4.69) is 40.0 Å². The van der Waals surface area contributed by atoms with Gasteiger partial charge in [-0.3, -0.25) is 0 Å². The molecule has 2 nitrogen and oxygen atoms in total. The predicted octanol–water partition coefficient (Wildman–Crippen LogP) is 3.30. The Balaban J connectivity index is 1.85. The van der Waals surface area contributed by atoms with Gasteiger partial charge in [0, 0.05) is 27.2 Å². The molecule has 0 radical (unpaired) electrons. The van der Waals surface area contributed by atoms with Crippen molar-refractivity contribution < 1.29 is 0 Å². The summed E-state index contributed by atoms with van der Waals surface area (Å²) in [5, 5.41) is 4.43. The Kier molecular flexibility index (Phi) is 5.09. The fourth-order valence-electron chi connectivity index (χ4n) is 2.24. The molecule has 1 aromatic rings. The van der Waals surface area contributed by atoms with Crippen molar-refractivity contribution in [3.63, 3.8) is 0 Å². The molecule has 0 spiro atoms. The van der Waals surface area contributed by atoms with E-state index in [4.69, 9.17) is 17.3 Å². The van der Waals surface area contributed by atoms with Crippen LogP contribution in [0.3, 0.4) is 0 Å². The van der Waals surface area contributed by atoms with Crippen molar-refractivity contribution in [2.45, 2.75) is 44.3 Å². The van der Waals surface area contributed by atoms with E-state index < -0.39 is 0 Å². The lowest BCUT2D eigenvalue weighted by molar-refractivity contribution is 0.342. The van der Waals surface area contributed by atoms with E-state index in [1.807, 2.05) is 6.07 Å². The summed E-state index contributed by atoms with van der Waals surface area (Å²) in [6.07, 6.45) is 4.64. The third kappa shape index (κ3) is 4.09. The van der Waals surface area contributed by atoms with E-state index in [-0.39, 0.29) is 0 Å². The van der Waals surface area contributed by atoms with Gasteiger partial charge in [0.2, 0.25) is 0 Å². The average Bonchev–Trinajstić information content (AvgIpc) is 2.30. The molecule has 0 bridgehead atoms. The first-order valence-electron chi connectivity index (χ1n) is 6.08.